The summed E-state index contributed by atoms with van der Waals surface area (Å²) in [5.41, 5.74) is 0. The van der Waals surface area contributed by atoms with E-state index in [0.29, 0.717) is 12.1 Å². The summed E-state index contributed by atoms with van der Waals surface area (Å²) < 4.78 is 5.22. The van der Waals surface area contributed by atoms with Crippen LogP contribution >= 0.6 is 0 Å². The van der Waals surface area contributed by atoms with Gasteiger partial charge in [0.2, 0.25) is 0 Å². The molecule has 0 aromatic heterocycles. The van der Waals surface area contributed by atoms with E-state index in [-0.39, 0.29) is 0 Å². The second kappa shape index (κ2) is 6.38. The SMILES string of the molecule is CCC(COC)N(C)CC1CCCN1. The van der Waals surface area contributed by atoms with E-state index in [0.717, 1.165) is 19.6 Å². The third kappa shape index (κ3) is 3.56. The Balaban J connectivity index is 2.26. The molecule has 0 aliphatic carbocycles. The Hall–Kier alpha value is -0.120. The Labute approximate surface area is 87.8 Å². The summed E-state index contributed by atoms with van der Waals surface area (Å²) in [7, 11) is 3.98. The molecule has 0 bridgehead atoms. The van der Waals surface area contributed by atoms with E-state index in [1.165, 1.54) is 19.4 Å². The minimum absolute atomic E-state index is 0.572. The van der Waals surface area contributed by atoms with Gasteiger partial charge in [-0.3, -0.25) is 4.90 Å². The van der Waals surface area contributed by atoms with Crippen LogP contribution < -0.4 is 5.32 Å². The number of nitrogens with zero attached hydrogens (tertiary/aromatic N) is 1. The van der Waals surface area contributed by atoms with Gasteiger partial charge in [-0.15, -0.1) is 0 Å². The molecule has 0 radical (unpaired) electrons. The van der Waals surface area contributed by atoms with Gasteiger partial charge < -0.3 is 10.1 Å². The van der Waals surface area contributed by atoms with Crippen molar-refractivity contribution in [2.75, 3.05) is 33.9 Å². The van der Waals surface area contributed by atoms with Crippen LogP contribution in [0.2, 0.25) is 0 Å². The van der Waals surface area contributed by atoms with Crippen molar-refractivity contribution < 1.29 is 4.74 Å². The molecule has 1 rings (SSSR count). The third-order valence-electron chi connectivity index (χ3n) is 3.12. The lowest BCUT2D eigenvalue weighted by Gasteiger charge is -2.28. The predicted molar refractivity (Wildman–Crippen MR) is 59.6 cm³/mol. The summed E-state index contributed by atoms with van der Waals surface area (Å²) in [6.07, 6.45) is 3.82. The molecular weight excluding hydrogens is 176 g/mol. The zero-order valence-electron chi connectivity index (χ0n) is 9.75. The Morgan fingerprint density at radius 2 is 2.36 bits per heavy atom. The second-order valence-electron chi connectivity index (χ2n) is 4.25. The Bertz CT molecular complexity index is 146. The van der Waals surface area contributed by atoms with Crippen LogP contribution in [0.15, 0.2) is 0 Å². The molecule has 0 saturated carbocycles. The van der Waals surface area contributed by atoms with Crippen molar-refractivity contribution in [3.05, 3.63) is 0 Å². The number of rotatable bonds is 6. The summed E-state index contributed by atoms with van der Waals surface area (Å²) in [5, 5.41) is 3.53. The molecule has 14 heavy (non-hydrogen) atoms. The molecule has 3 nitrogen and oxygen atoms in total. The number of likely N-dealkylation sites (N-methyl/N-ethyl adjacent to an activating group) is 1. The standard InChI is InChI=1S/C11H24N2O/c1-4-11(9-14-3)13(2)8-10-6-5-7-12-10/h10-12H,4-9H2,1-3H3. The number of methoxy groups -OCH3 is 1. The first-order valence-electron chi connectivity index (χ1n) is 5.70. The zero-order valence-corrected chi connectivity index (χ0v) is 9.75. The fourth-order valence-corrected chi connectivity index (χ4v) is 2.16. The molecule has 3 heteroatoms. The van der Waals surface area contributed by atoms with Crippen molar-refractivity contribution in [3.63, 3.8) is 0 Å². The van der Waals surface area contributed by atoms with Crippen molar-refractivity contribution in [1.82, 2.24) is 10.2 Å². The maximum absolute atomic E-state index is 5.22. The monoisotopic (exact) mass is 200 g/mol. The van der Waals surface area contributed by atoms with Crippen LogP contribution in [0.5, 0.6) is 0 Å². The van der Waals surface area contributed by atoms with Crippen LogP contribution in [0.25, 0.3) is 0 Å². The highest BCUT2D eigenvalue weighted by atomic mass is 16.5. The van der Waals surface area contributed by atoms with Gasteiger partial charge >= 0.3 is 0 Å². The first-order valence-corrected chi connectivity index (χ1v) is 5.70. The Morgan fingerprint density at radius 3 is 2.86 bits per heavy atom. The van der Waals surface area contributed by atoms with Gasteiger partial charge in [0.1, 0.15) is 0 Å². The zero-order chi connectivity index (χ0) is 10.4. The molecule has 0 aromatic rings. The third-order valence-corrected chi connectivity index (χ3v) is 3.12. The van der Waals surface area contributed by atoms with E-state index in [1.54, 1.807) is 7.11 Å². The van der Waals surface area contributed by atoms with Gasteiger partial charge in [-0.1, -0.05) is 6.92 Å². The molecule has 1 heterocycles. The van der Waals surface area contributed by atoms with Gasteiger partial charge in [-0.2, -0.15) is 0 Å². The molecule has 84 valence electrons. The van der Waals surface area contributed by atoms with Gasteiger partial charge in [0.25, 0.3) is 0 Å². The van der Waals surface area contributed by atoms with E-state index in [2.05, 4.69) is 24.2 Å². The Kier molecular flexibility index (Phi) is 5.45. The lowest BCUT2D eigenvalue weighted by Crippen LogP contribution is -2.42. The molecule has 1 saturated heterocycles. The highest BCUT2D eigenvalue weighted by Gasteiger charge is 2.19. The average molecular weight is 200 g/mol. The lowest BCUT2D eigenvalue weighted by atomic mass is 10.1. The molecular formula is C11H24N2O. The lowest BCUT2D eigenvalue weighted by molar-refractivity contribution is 0.0989. The van der Waals surface area contributed by atoms with Crippen molar-refractivity contribution in [3.8, 4) is 0 Å². The summed E-state index contributed by atoms with van der Waals surface area (Å²) >= 11 is 0. The summed E-state index contributed by atoms with van der Waals surface area (Å²) in [6, 6.07) is 1.27. The second-order valence-corrected chi connectivity index (χ2v) is 4.25. The fraction of sp³-hybridized carbons (Fsp3) is 1.00. The quantitative estimate of drug-likeness (QED) is 0.695. The van der Waals surface area contributed by atoms with Crippen LogP contribution in [0.4, 0.5) is 0 Å². The largest absolute Gasteiger partial charge is 0.383 e. The van der Waals surface area contributed by atoms with Gasteiger partial charge in [0, 0.05) is 25.7 Å². The molecule has 2 unspecified atom stereocenters. The highest BCUT2D eigenvalue weighted by Crippen LogP contribution is 2.09. The Morgan fingerprint density at radius 1 is 1.57 bits per heavy atom. The molecule has 1 aliphatic rings. The number of ether oxygens (including phenoxy) is 1. The van der Waals surface area contributed by atoms with E-state index in [4.69, 9.17) is 4.74 Å². The first kappa shape index (κ1) is 12.0. The van der Waals surface area contributed by atoms with Crippen molar-refractivity contribution in [1.29, 1.82) is 0 Å². The molecule has 0 amide bonds. The number of hydrogen-bond donors (Lipinski definition) is 1. The van der Waals surface area contributed by atoms with Gasteiger partial charge in [0.05, 0.1) is 6.61 Å². The van der Waals surface area contributed by atoms with Crippen LogP contribution in [0.3, 0.4) is 0 Å². The number of nitrogens with one attached hydrogen (secondary N) is 1. The van der Waals surface area contributed by atoms with Crippen LogP contribution in [-0.4, -0.2) is 50.8 Å². The van der Waals surface area contributed by atoms with E-state index in [1.807, 2.05) is 0 Å². The molecule has 2 atom stereocenters. The molecule has 1 N–H and O–H groups in total. The van der Waals surface area contributed by atoms with Gasteiger partial charge in [-0.05, 0) is 32.9 Å². The summed E-state index contributed by atoms with van der Waals surface area (Å²) in [6.45, 7) is 5.42. The van der Waals surface area contributed by atoms with E-state index < -0.39 is 0 Å². The van der Waals surface area contributed by atoms with Crippen LogP contribution in [-0.2, 0) is 4.74 Å². The maximum Gasteiger partial charge on any atom is 0.0617 e. The smallest absolute Gasteiger partial charge is 0.0617 e. The highest BCUT2D eigenvalue weighted by molar-refractivity contribution is 4.79. The van der Waals surface area contributed by atoms with E-state index >= 15 is 0 Å². The summed E-state index contributed by atoms with van der Waals surface area (Å²) in [5.74, 6) is 0. The normalized spacial score (nSPS) is 24.4. The van der Waals surface area contributed by atoms with Crippen molar-refractivity contribution in [2.45, 2.75) is 38.3 Å². The van der Waals surface area contributed by atoms with Gasteiger partial charge in [0.15, 0.2) is 0 Å². The average Bonchev–Trinajstić information content (AvgIpc) is 2.66. The topological polar surface area (TPSA) is 24.5 Å². The van der Waals surface area contributed by atoms with Crippen molar-refractivity contribution in [2.24, 2.45) is 0 Å². The van der Waals surface area contributed by atoms with Crippen LogP contribution in [0.1, 0.15) is 26.2 Å². The molecule has 0 aromatic carbocycles. The van der Waals surface area contributed by atoms with E-state index in [9.17, 15) is 0 Å². The fourth-order valence-electron chi connectivity index (χ4n) is 2.16. The van der Waals surface area contributed by atoms with Gasteiger partial charge in [-0.25, -0.2) is 0 Å². The summed E-state index contributed by atoms with van der Waals surface area (Å²) in [4.78, 5) is 2.42. The first-order chi connectivity index (χ1) is 6.77. The minimum atomic E-state index is 0.572. The van der Waals surface area contributed by atoms with Crippen molar-refractivity contribution >= 4 is 0 Å². The molecule has 0 spiro atoms. The number of hydrogen-bond acceptors (Lipinski definition) is 3. The molecule has 1 fully saturated rings. The predicted octanol–water partition coefficient (Wildman–Crippen LogP) is 1.10. The van der Waals surface area contributed by atoms with Crippen LogP contribution in [0, 0.1) is 0 Å². The molecule has 1 aliphatic heterocycles. The maximum atomic E-state index is 5.22. The minimum Gasteiger partial charge on any atom is -0.383 e.